The summed E-state index contributed by atoms with van der Waals surface area (Å²) < 4.78 is 5.03. The standard InChI is InChI=1S/C22H23N7O2/c1-14-25-20(28-31-14)15-4-2-5-17(12-15)27-22(30)26-16-8-10-29(11-9-16)21-18-6-3-7-19(18)23-13-24-21/h2-6,12-13,16H,7-11H2,1H3,(H2,26,27,30). The molecule has 1 aliphatic heterocycles. The van der Waals surface area contributed by atoms with Crippen LogP contribution in [0.1, 0.15) is 30.0 Å². The van der Waals surface area contributed by atoms with E-state index in [-0.39, 0.29) is 12.1 Å². The van der Waals surface area contributed by atoms with Crippen molar-refractivity contribution in [1.82, 2.24) is 25.4 Å². The van der Waals surface area contributed by atoms with Gasteiger partial charge in [-0.3, -0.25) is 0 Å². The normalized spacial score (nSPS) is 15.7. The second-order valence-electron chi connectivity index (χ2n) is 7.74. The maximum absolute atomic E-state index is 12.5. The van der Waals surface area contributed by atoms with Gasteiger partial charge in [0.05, 0.1) is 5.69 Å². The second kappa shape index (κ2) is 8.17. The maximum Gasteiger partial charge on any atom is 0.319 e. The highest BCUT2D eigenvalue weighted by atomic mass is 16.5. The number of fused-ring (bicyclic) bond motifs is 1. The lowest BCUT2D eigenvalue weighted by atomic mass is 10.0. The number of nitrogens with zero attached hydrogens (tertiary/aromatic N) is 5. The van der Waals surface area contributed by atoms with Crippen LogP contribution in [-0.4, -0.2) is 45.3 Å². The molecule has 1 saturated heterocycles. The molecule has 9 nitrogen and oxygen atoms in total. The number of urea groups is 1. The zero-order chi connectivity index (χ0) is 21.2. The SMILES string of the molecule is Cc1nc(-c2cccc(NC(=O)NC3CCN(c4ncnc5c4C=CC5)CC3)c2)no1. The predicted molar refractivity (Wildman–Crippen MR) is 117 cm³/mol. The van der Waals surface area contributed by atoms with Crippen LogP contribution in [0, 0.1) is 6.92 Å². The fourth-order valence-electron chi connectivity index (χ4n) is 4.04. The summed E-state index contributed by atoms with van der Waals surface area (Å²) in [5.74, 6) is 2.00. The Morgan fingerprint density at radius 1 is 1.23 bits per heavy atom. The Hall–Kier alpha value is -3.75. The topological polar surface area (TPSA) is 109 Å². The van der Waals surface area contributed by atoms with E-state index in [2.05, 4.69) is 47.8 Å². The fourth-order valence-corrected chi connectivity index (χ4v) is 4.04. The van der Waals surface area contributed by atoms with Crippen LogP contribution in [0.25, 0.3) is 17.5 Å². The number of piperidine rings is 1. The summed E-state index contributed by atoms with van der Waals surface area (Å²) in [7, 11) is 0. The number of hydrogen-bond donors (Lipinski definition) is 2. The molecule has 0 unspecified atom stereocenters. The summed E-state index contributed by atoms with van der Waals surface area (Å²) in [5, 5.41) is 9.91. The molecule has 5 rings (SSSR count). The minimum atomic E-state index is -0.217. The maximum atomic E-state index is 12.5. The molecule has 0 bridgehead atoms. The highest BCUT2D eigenvalue weighted by Gasteiger charge is 2.24. The molecule has 1 aliphatic carbocycles. The molecule has 0 atom stereocenters. The van der Waals surface area contributed by atoms with Gasteiger partial charge in [-0.2, -0.15) is 4.98 Å². The third-order valence-electron chi connectivity index (χ3n) is 5.58. The average molecular weight is 417 g/mol. The molecule has 1 aromatic carbocycles. The number of rotatable bonds is 4. The van der Waals surface area contributed by atoms with Gasteiger partial charge in [-0.1, -0.05) is 29.4 Å². The monoisotopic (exact) mass is 417 g/mol. The highest BCUT2D eigenvalue weighted by molar-refractivity contribution is 5.90. The van der Waals surface area contributed by atoms with E-state index >= 15 is 0 Å². The molecule has 0 spiro atoms. The van der Waals surface area contributed by atoms with Crippen molar-refractivity contribution in [3.63, 3.8) is 0 Å². The largest absolute Gasteiger partial charge is 0.356 e. The molecule has 3 aromatic rings. The summed E-state index contributed by atoms with van der Waals surface area (Å²) in [6.07, 6.45) is 8.46. The first-order chi connectivity index (χ1) is 15.2. The smallest absolute Gasteiger partial charge is 0.319 e. The minimum absolute atomic E-state index is 0.115. The molecule has 1 fully saturated rings. The number of amides is 2. The van der Waals surface area contributed by atoms with Gasteiger partial charge in [-0.15, -0.1) is 0 Å². The van der Waals surface area contributed by atoms with Crippen molar-refractivity contribution < 1.29 is 9.32 Å². The quantitative estimate of drug-likeness (QED) is 0.671. The van der Waals surface area contributed by atoms with Gasteiger partial charge in [-0.25, -0.2) is 14.8 Å². The first-order valence-corrected chi connectivity index (χ1v) is 10.4. The number of carbonyl (C=O) groups is 1. The third kappa shape index (κ3) is 4.11. The van der Waals surface area contributed by atoms with Crippen molar-refractivity contribution in [3.8, 4) is 11.4 Å². The predicted octanol–water partition coefficient (Wildman–Crippen LogP) is 3.19. The van der Waals surface area contributed by atoms with Crippen molar-refractivity contribution >= 4 is 23.6 Å². The summed E-state index contributed by atoms with van der Waals surface area (Å²) >= 11 is 0. The Balaban J connectivity index is 1.17. The van der Waals surface area contributed by atoms with E-state index in [9.17, 15) is 4.79 Å². The zero-order valence-electron chi connectivity index (χ0n) is 17.2. The molecule has 0 saturated carbocycles. The van der Waals surface area contributed by atoms with E-state index in [1.165, 1.54) is 0 Å². The number of anilines is 2. The van der Waals surface area contributed by atoms with Crippen LogP contribution in [-0.2, 0) is 6.42 Å². The Kier molecular flexibility index (Phi) is 5.07. The van der Waals surface area contributed by atoms with Crippen LogP contribution in [0.15, 0.2) is 41.2 Å². The van der Waals surface area contributed by atoms with Gasteiger partial charge in [0, 0.05) is 49.3 Å². The van der Waals surface area contributed by atoms with Crippen molar-refractivity contribution in [2.45, 2.75) is 32.2 Å². The first kappa shape index (κ1) is 19.2. The number of benzene rings is 1. The van der Waals surface area contributed by atoms with Crippen LogP contribution in [0.3, 0.4) is 0 Å². The molecular weight excluding hydrogens is 394 g/mol. The van der Waals surface area contributed by atoms with Crippen LogP contribution >= 0.6 is 0 Å². The summed E-state index contributed by atoms with van der Waals surface area (Å²) in [6.45, 7) is 3.43. The Bertz CT molecular complexity index is 1130. The van der Waals surface area contributed by atoms with Crippen LogP contribution in [0.4, 0.5) is 16.3 Å². The minimum Gasteiger partial charge on any atom is -0.356 e. The summed E-state index contributed by atoms with van der Waals surface area (Å²) in [5.41, 5.74) is 3.68. The highest BCUT2D eigenvalue weighted by Crippen LogP contribution is 2.28. The van der Waals surface area contributed by atoms with Crippen molar-refractivity contribution in [1.29, 1.82) is 0 Å². The second-order valence-corrected chi connectivity index (χ2v) is 7.74. The molecule has 158 valence electrons. The van der Waals surface area contributed by atoms with E-state index in [0.717, 1.165) is 55.0 Å². The van der Waals surface area contributed by atoms with Gasteiger partial charge >= 0.3 is 6.03 Å². The molecule has 9 heteroatoms. The number of allylic oxidation sites excluding steroid dienone is 1. The zero-order valence-corrected chi connectivity index (χ0v) is 17.2. The van der Waals surface area contributed by atoms with Gasteiger partial charge in [0.25, 0.3) is 0 Å². The molecule has 31 heavy (non-hydrogen) atoms. The van der Waals surface area contributed by atoms with E-state index in [0.29, 0.717) is 17.4 Å². The number of aromatic nitrogens is 4. The Morgan fingerprint density at radius 2 is 2.10 bits per heavy atom. The Morgan fingerprint density at radius 3 is 2.90 bits per heavy atom. The van der Waals surface area contributed by atoms with Gasteiger partial charge in [0.2, 0.25) is 11.7 Å². The average Bonchev–Trinajstić information content (AvgIpc) is 3.43. The van der Waals surface area contributed by atoms with E-state index < -0.39 is 0 Å². The van der Waals surface area contributed by atoms with Crippen molar-refractivity contribution in [3.05, 3.63) is 53.8 Å². The number of carbonyl (C=O) groups excluding carboxylic acids is 1. The van der Waals surface area contributed by atoms with Gasteiger partial charge < -0.3 is 20.1 Å². The lowest BCUT2D eigenvalue weighted by Crippen LogP contribution is -2.46. The number of nitrogens with one attached hydrogen (secondary N) is 2. The summed E-state index contributed by atoms with van der Waals surface area (Å²) in [4.78, 5) is 27.9. The Labute approximate surface area is 179 Å². The van der Waals surface area contributed by atoms with Crippen molar-refractivity contribution in [2.75, 3.05) is 23.3 Å². The van der Waals surface area contributed by atoms with Crippen molar-refractivity contribution in [2.24, 2.45) is 0 Å². The van der Waals surface area contributed by atoms with Crippen LogP contribution in [0.2, 0.25) is 0 Å². The third-order valence-corrected chi connectivity index (χ3v) is 5.58. The number of hydrogen-bond acceptors (Lipinski definition) is 7. The summed E-state index contributed by atoms with van der Waals surface area (Å²) in [6, 6.07) is 7.29. The van der Waals surface area contributed by atoms with Gasteiger partial charge in [-0.05, 0) is 25.0 Å². The molecule has 0 radical (unpaired) electrons. The molecule has 2 aromatic heterocycles. The van der Waals surface area contributed by atoms with E-state index in [1.54, 1.807) is 13.3 Å². The van der Waals surface area contributed by atoms with Crippen LogP contribution in [0.5, 0.6) is 0 Å². The molecule has 2 N–H and O–H groups in total. The van der Waals surface area contributed by atoms with E-state index in [4.69, 9.17) is 4.52 Å². The first-order valence-electron chi connectivity index (χ1n) is 10.4. The van der Waals surface area contributed by atoms with Crippen LogP contribution < -0.4 is 15.5 Å². The van der Waals surface area contributed by atoms with Gasteiger partial charge in [0.15, 0.2) is 0 Å². The molecule has 2 aliphatic rings. The molecule has 2 amide bonds. The van der Waals surface area contributed by atoms with Gasteiger partial charge in [0.1, 0.15) is 12.1 Å². The molecular formula is C22H23N7O2. The lowest BCUT2D eigenvalue weighted by molar-refractivity contribution is 0.246. The fraction of sp³-hybridized carbons (Fsp3) is 0.318. The molecule has 3 heterocycles. The lowest BCUT2D eigenvalue weighted by Gasteiger charge is -2.33. The number of aryl methyl sites for hydroxylation is 1. The van der Waals surface area contributed by atoms with E-state index in [1.807, 2.05) is 24.3 Å².